The Balaban J connectivity index is 1.73. The Hall–Kier alpha value is -3.66. The number of fused-ring (bicyclic) bond motifs is 2. The number of rotatable bonds is 5. The van der Waals surface area contributed by atoms with E-state index in [0.717, 1.165) is 10.3 Å². The molecule has 0 saturated heterocycles. The van der Waals surface area contributed by atoms with Crippen molar-refractivity contribution in [3.63, 3.8) is 0 Å². The molecule has 9 nitrogen and oxygen atoms in total. The van der Waals surface area contributed by atoms with Crippen LogP contribution < -0.4 is 14.4 Å². The zero-order valence-electron chi connectivity index (χ0n) is 14.9. The highest BCUT2D eigenvalue weighted by molar-refractivity contribution is 7.92. The zero-order chi connectivity index (χ0) is 20.6. The predicted molar refractivity (Wildman–Crippen MR) is 104 cm³/mol. The number of hydrogen-bond acceptors (Lipinski definition) is 6. The second-order valence-corrected chi connectivity index (χ2v) is 7.96. The third-order valence-corrected chi connectivity index (χ3v) is 5.72. The summed E-state index contributed by atoms with van der Waals surface area (Å²) in [7, 11) is -4.04. The Morgan fingerprint density at radius 3 is 2.79 bits per heavy atom. The molecule has 0 aliphatic carbocycles. The molecule has 0 saturated carbocycles. The molecule has 3 aromatic rings. The summed E-state index contributed by atoms with van der Waals surface area (Å²) >= 11 is 0. The van der Waals surface area contributed by atoms with Crippen molar-refractivity contribution >= 4 is 44.2 Å². The maximum atomic E-state index is 12.9. The van der Waals surface area contributed by atoms with Crippen molar-refractivity contribution in [1.29, 1.82) is 0 Å². The van der Waals surface area contributed by atoms with E-state index in [-0.39, 0.29) is 22.9 Å². The molecule has 0 atom stereocenters. The van der Waals surface area contributed by atoms with E-state index in [2.05, 4.69) is 9.71 Å². The highest BCUT2D eigenvalue weighted by Gasteiger charge is 2.29. The molecule has 0 fully saturated rings. The number of nitrogens with one attached hydrogen (secondary N) is 1. The molecule has 29 heavy (non-hydrogen) atoms. The van der Waals surface area contributed by atoms with Crippen LogP contribution >= 0.6 is 0 Å². The maximum absolute atomic E-state index is 12.9. The van der Waals surface area contributed by atoms with Gasteiger partial charge in [0, 0.05) is 11.6 Å². The molecule has 0 radical (unpaired) electrons. The Morgan fingerprint density at radius 1 is 1.21 bits per heavy atom. The summed E-state index contributed by atoms with van der Waals surface area (Å²) in [6, 6.07) is 12.6. The first-order valence-corrected chi connectivity index (χ1v) is 9.99. The number of anilines is 2. The Morgan fingerprint density at radius 2 is 2.00 bits per heavy atom. The van der Waals surface area contributed by atoms with E-state index in [1.54, 1.807) is 24.4 Å². The lowest BCUT2D eigenvalue weighted by Gasteiger charge is -2.28. The van der Waals surface area contributed by atoms with Crippen LogP contribution in [0.1, 0.15) is 0 Å². The van der Waals surface area contributed by atoms with Crippen LogP contribution in [0.4, 0.5) is 11.4 Å². The monoisotopic (exact) mass is 413 g/mol. The van der Waals surface area contributed by atoms with E-state index in [9.17, 15) is 18.0 Å². The molecule has 0 unspecified atom stereocenters. The van der Waals surface area contributed by atoms with Crippen LogP contribution in [0, 0.1) is 0 Å². The second kappa shape index (κ2) is 7.06. The average Bonchev–Trinajstić information content (AvgIpc) is 2.69. The number of carbonyl (C=O) groups excluding carboxylic acids is 1. The number of carboxylic acids is 1. The summed E-state index contributed by atoms with van der Waals surface area (Å²) in [5.41, 5.74) is 0.876. The fourth-order valence-electron chi connectivity index (χ4n) is 3.05. The van der Waals surface area contributed by atoms with Crippen LogP contribution in [-0.4, -0.2) is 43.5 Å². The predicted octanol–water partition coefficient (Wildman–Crippen LogP) is 1.85. The van der Waals surface area contributed by atoms with Gasteiger partial charge in [-0.2, -0.15) is 0 Å². The van der Waals surface area contributed by atoms with Gasteiger partial charge in [0.05, 0.1) is 21.8 Å². The quantitative estimate of drug-likeness (QED) is 0.654. The van der Waals surface area contributed by atoms with Crippen molar-refractivity contribution in [2.24, 2.45) is 0 Å². The number of aliphatic carboxylic acids is 1. The summed E-state index contributed by atoms with van der Waals surface area (Å²) in [6.07, 6.45) is 1.56. The van der Waals surface area contributed by atoms with Crippen molar-refractivity contribution in [2.75, 3.05) is 22.8 Å². The third kappa shape index (κ3) is 3.57. The molecule has 2 N–H and O–H groups in total. The van der Waals surface area contributed by atoms with E-state index in [1.165, 1.54) is 18.2 Å². The van der Waals surface area contributed by atoms with E-state index in [4.69, 9.17) is 9.84 Å². The third-order valence-electron chi connectivity index (χ3n) is 4.35. The van der Waals surface area contributed by atoms with Crippen LogP contribution in [0.15, 0.2) is 59.6 Å². The fourth-order valence-corrected chi connectivity index (χ4v) is 4.13. The number of carboxylic acid groups (broad SMARTS) is 1. The molecule has 148 valence electrons. The number of hydrogen-bond donors (Lipinski definition) is 2. The number of aromatic nitrogens is 1. The lowest BCUT2D eigenvalue weighted by molar-refractivity contribution is -0.137. The largest absolute Gasteiger partial charge is 0.482 e. The van der Waals surface area contributed by atoms with Crippen molar-refractivity contribution in [3.8, 4) is 5.75 Å². The average molecular weight is 413 g/mol. The molecule has 1 amide bonds. The summed E-state index contributed by atoms with van der Waals surface area (Å²) in [4.78, 5) is 28.2. The van der Waals surface area contributed by atoms with Crippen LogP contribution in [0.25, 0.3) is 10.9 Å². The van der Waals surface area contributed by atoms with Gasteiger partial charge in [-0.25, -0.2) is 8.42 Å². The van der Waals surface area contributed by atoms with Gasteiger partial charge in [-0.1, -0.05) is 18.2 Å². The Bertz CT molecular complexity index is 1240. The van der Waals surface area contributed by atoms with Crippen LogP contribution in [0.5, 0.6) is 5.75 Å². The number of carbonyl (C=O) groups is 2. The van der Waals surface area contributed by atoms with E-state index >= 15 is 0 Å². The molecule has 0 spiro atoms. The molecule has 1 aliphatic rings. The normalized spacial score (nSPS) is 13.7. The maximum Gasteiger partial charge on any atom is 0.323 e. The first-order chi connectivity index (χ1) is 13.8. The van der Waals surface area contributed by atoms with Crippen molar-refractivity contribution in [1.82, 2.24) is 4.98 Å². The summed E-state index contributed by atoms with van der Waals surface area (Å²) < 4.78 is 33.7. The number of amides is 1. The summed E-state index contributed by atoms with van der Waals surface area (Å²) in [5.74, 6) is -1.56. The summed E-state index contributed by atoms with van der Waals surface area (Å²) in [5, 5.41) is 9.83. The number of pyridine rings is 1. The van der Waals surface area contributed by atoms with Crippen molar-refractivity contribution in [3.05, 3.63) is 54.7 Å². The van der Waals surface area contributed by atoms with E-state index in [1.807, 2.05) is 12.1 Å². The highest BCUT2D eigenvalue weighted by atomic mass is 32.2. The van der Waals surface area contributed by atoms with Crippen molar-refractivity contribution in [2.45, 2.75) is 4.90 Å². The van der Waals surface area contributed by atoms with Gasteiger partial charge in [-0.15, -0.1) is 0 Å². The number of ether oxygens (including phenoxy) is 1. The highest BCUT2D eigenvalue weighted by Crippen LogP contribution is 2.35. The minimum atomic E-state index is -4.04. The molecular weight excluding hydrogens is 398 g/mol. The molecular formula is C19H15N3O6S. The molecule has 2 heterocycles. The van der Waals surface area contributed by atoms with Gasteiger partial charge in [0.2, 0.25) is 0 Å². The lowest BCUT2D eigenvalue weighted by Crippen LogP contribution is -2.42. The van der Waals surface area contributed by atoms with Gasteiger partial charge in [0.25, 0.3) is 15.9 Å². The molecule has 10 heteroatoms. The second-order valence-electron chi connectivity index (χ2n) is 6.28. The topological polar surface area (TPSA) is 126 Å². The molecule has 1 aromatic heterocycles. The number of benzene rings is 2. The zero-order valence-corrected chi connectivity index (χ0v) is 15.7. The molecule has 2 aromatic carbocycles. The summed E-state index contributed by atoms with van der Waals surface area (Å²) in [6.45, 7) is -0.911. The molecule has 0 bridgehead atoms. The van der Waals surface area contributed by atoms with Gasteiger partial charge in [0.1, 0.15) is 12.3 Å². The first kappa shape index (κ1) is 18.7. The van der Waals surface area contributed by atoms with Gasteiger partial charge in [0.15, 0.2) is 6.61 Å². The number of para-hydroxylation sites is 1. The SMILES string of the molecule is O=C(O)CN1C(=O)COc2ccc(S(=O)(=O)Nc3cccc4cccnc34)cc21. The smallest absolute Gasteiger partial charge is 0.323 e. The van der Waals surface area contributed by atoms with E-state index in [0.29, 0.717) is 11.2 Å². The van der Waals surface area contributed by atoms with Gasteiger partial charge in [-0.3, -0.25) is 24.2 Å². The minimum absolute atomic E-state index is 0.0857. The van der Waals surface area contributed by atoms with Crippen LogP contribution in [0.2, 0.25) is 0 Å². The number of nitrogens with zero attached hydrogens (tertiary/aromatic N) is 2. The molecule has 1 aliphatic heterocycles. The van der Waals surface area contributed by atoms with Crippen molar-refractivity contribution < 1.29 is 27.9 Å². The minimum Gasteiger partial charge on any atom is -0.482 e. The van der Waals surface area contributed by atoms with Gasteiger partial charge >= 0.3 is 5.97 Å². The van der Waals surface area contributed by atoms with Gasteiger partial charge < -0.3 is 9.84 Å². The standard InChI is InChI=1S/C19H15N3O6S/c23-17-11-28-16-7-6-13(9-15(16)22(17)10-18(24)25)29(26,27)21-14-5-1-3-12-4-2-8-20-19(12)14/h1-9,21H,10-11H2,(H,24,25). The van der Waals surface area contributed by atoms with Gasteiger partial charge in [-0.05, 0) is 30.3 Å². The van der Waals surface area contributed by atoms with Crippen LogP contribution in [-0.2, 0) is 19.6 Å². The Kier molecular flexibility index (Phi) is 4.55. The lowest BCUT2D eigenvalue weighted by atomic mass is 10.2. The first-order valence-electron chi connectivity index (χ1n) is 8.51. The molecule has 4 rings (SSSR count). The van der Waals surface area contributed by atoms with Crippen LogP contribution in [0.3, 0.4) is 0 Å². The van der Waals surface area contributed by atoms with E-state index < -0.39 is 28.4 Å². The number of sulfonamides is 1. The fraction of sp³-hybridized carbons (Fsp3) is 0.105. The Labute approximate surface area is 165 Å².